The van der Waals surface area contributed by atoms with E-state index in [0.717, 1.165) is 46.7 Å². The number of aromatic nitrogens is 4. The molecular weight excluding hydrogens is 336 g/mol. The van der Waals surface area contributed by atoms with Gasteiger partial charge in [0.25, 0.3) is 0 Å². The Bertz CT molecular complexity index is 1150. The zero-order valence-electron chi connectivity index (χ0n) is 15.9. The third-order valence-corrected chi connectivity index (χ3v) is 5.48. The molecule has 0 saturated carbocycles. The maximum Gasteiger partial charge on any atom is 0.140 e. The molecule has 0 radical (unpaired) electrons. The summed E-state index contributed by atoms with van der Waals surface area (Å²) in [6, 6.07) is 8.61. The number of hydrogen-bond acceptors (Lipinski definition) is 4. The fourth-order valence-corrected chi connectivity index (χ4v) is 4.14. The topological polar surface area (TPSA) is 75.8 Å². The van der Waals surface area contributed by atoms with Gasteiger partial charge in [0.1, 0.15) is 11.5 Å². The van der Waals surface area contributed by atoms with E-state index in [4.69, 9.17) is 10.7 Å². The van der Waals surface area contributed by atoms with E-state index in [1.54, 1.807) is 0 Å². The average Bonchev–Trinajstić information content (AvgIpc) is 3.17. The first kappa shape index (κ1) is 16.3. The molecular formula is C21H24N6. The number of aryl methyl sites for hydroxylation is 1. The first-order valence-corrected chi connectivity index (χ1v) is 9.46. The number of H-pyrrole nitrogens is 1. The molecule has 0 aliphatic carbocycles. The minimum absolute atomic E-state index is 0.261. The van der Waals surface area contributed by atoms with Gasteiger partial charge < -0.3 is 20.2 Å². The van der Waals surface area contributed by atoms with E-state index in [9.17, 15) is 0 Å². The van der Waals surface area contributed by atoms with E-state index < -0.39 is 0 Å². The van der Waals surface area contributed by atoms with Crippen LogP contribution in [0.1, 0.15) is 25.3 Å². The van der Waals surface area contributed by atoms with Crippen LogP contribution >= 0.6 is 0 Å². The van der Waals surface area contributed by atoms with Crippen LogP contribution in [-0.2, 0) is 7.05 Å². The molecule has 1 fully saturated rings. The molecule has 0 spiro atoms. The maximum absolute atomic E-state index is 5.95. The first-order chi connectivity index (χ1) is 13.0. The van der Waals surface area contributed by atoms with Crippen molar-refractivity contribution in [3.8, 4) is 11.3 Å². The summed E-state index contributed by atoms with van der Waals surface area (Å²) in [7, 11) is 2.04. The lowest BCUT2D eigenvalue weighted by Gasteiger charge is -2.37. The van der Waals surface area contributed by atoms with E-state index in [-0.39, 0.29) is 6.04 Å². The van der Waals surface area contributed by atoms with E-state index in [1.165, 1.54) is 11.1 Å². The molecule has 4 aromatic heterocycles. The molecule has 0 bridgehead atoms. The molecule has 4 aromatic rings. The molecule has 3 N–H and O–H groups in total. The highest BCUT2D eigenvalue weighted by Crippen LogP contribution is 2.38. The standard InChI is InChI=1S/C21H24N6/c1-12(2)18-19(15-11-26(3)21-14(15)5-4-8-23-21)24-16-6-7-17(25-20(16)18)27-9-13(22)10-27/h4-8,11-13,24H,9-10,22H2,1-3H3. The predicted molar refractivity (Wildman–Crippen MR) is 110 cm³/mol. The Morgan fingerprint density at radius 3 is 2.78 bits per heavy atom. The number of nitrogens with one attached hydrogen (secondary N) is 1. The highest BCUT2D eigenvalue weighted by molar-refractivity contribution is 5.98. The number of rotatable bonds is 3. The van der Waals surface area contributed by atoms with Crippen molar-refractivity contribution in [3.05, 3.63) is 42.2 Å². The third-order valence-electron chi connectivity index (χ3n) is 5.48. The molecule has 0 aromatic carbocycles. The minimum atomic E-state index is 0.261. The second kappa shape index (κ2) is 5.82. The summed E-state index contributed by atoms with van der Waals surface area (Å²) in [6.45, 7) is 6.20. The van der Waals surface area contributed by atoms with Gasteiger partial charge in [-0.25, -0.2) is 9.97 Å². The van der Waals surface area contributed by atoms with Gasteiger partial charge in [-0.1, -0.05) is 13.8 Å². The second-order valence-electron chi connectivity index (χ2n) is 7.83. The Morgan fingerprint density at radius 1 is 1.22 bits per heavy atom. The number of fused-ring (bicyclic) bond motifs is 2. The molecule has 1 aliphatic rings. The van der Waals surface area contributed by atoms with Gasteiger partial charge in [-0.2, -0.15) is 0 Å². The van der Waals surface area contributed by atoms with Crippen LogP contribution in [-0.4, -0.2) is 38.7 Å². The molecule has 0 amide bonds. The molecule has 27 heavy (non-hydrogen) atoms. The summed E-state index contributed by atoms with van der Waals surface area (Å²) < 4.78 is 2.08. The normalized spacial score (nSPS) is 15.2. The van der Waals surface area contributed by atoms with Crippen LogP contribution in [0.15, 0.2) is 36.7 Å². The molecule has 5 heterocycles. The Balaban J connectivity index is 1.73. The van der Waals surface area contributed by atoms with Crippen molar-refractivity contribution in [2.24, 2.45) is 12.8 Å². The van der Waals surface area contributed by atoms with Crippen molar-refractivity contribution in [3.63, 3.8) is 0 Å². The van der Waals surface area contributed by atoms with Gasteiger partial charge in [0, 0.05) is 55.1 Å². The third kappa shape index (κ3) is 2.44. The summed E-state index contributed by atoms with van der Waals surface area (Å²) in [6.07, 6.45) is 4.00. The summed E-state index contributed by atoms with van der Waals surface area (Å²) in [5, 5.41) is 1.15. The van der Waals surface area contributed by atoms with Gasteiger partial charge in [0.15, 0.2) is 0 Å². The lowest BCUT2D eigenvalue weighted by atomic mass is 9.98. The van der Waals surface area contributed by atoms with E-state index in [2.05, 4.69) is 57.7 Å². The zero-order chi connectivity index (χ0) is 18.7. The average molecular weight is 360 g/mol. The van der Waals surface area contributed by atoms with E-state index in [1.807, 2.05) is 19.3 Å². The highest BCUT2D eigenvalue weighted by Gasteiger charge is 2.26. The molecule has 6 heteroatoms. The van der Waals surface area contributed by atoms with Crippen molar-refractivity contribution < 1.29 is 0 Å². The first-order valence-electron chi connectivity index (χ1n) is 9.46. The summed E-state index contributed by atoms with van der Waals surface area (Å²) in [5.41, 5.74) is 12.6. The van der Waals surface area contributed by atoms with Gasteiger partial charge >= 0.3 is 0 Å². The van der Waals surface area contributed by atoms with Crippen LogP contribution in [0.2, 0.25) is 0 Å². The van der Waals surface area contributed by atoms with Crippen LogP contribution in [0.4, 0.5) is 5.82 Å². The number of aromatic amines is 1. The fourth-order valence-electron chi connectivity index (χ4n) is 4.14. The molecule has 0 atom stereocenters. The Hall–Kier alpha value is -2.86. The van der Waals surface area contributed by atoms with Gasteiger partial charge in [0.2, 0.25) is 0 Å². The highest BCUT2D eigenvalue weighted by atomic mass is 15.3. The number of hydrogen-bond donors (Lipinski definition) is 2. The molecule has 138 valence electrons. The van der Waals surface area contributed by atoms with Crippen LogP contribution in [0.25, 0.3) is 33.3 Å². The quantitative estimate of drug-likeness (QED) is 0.587. The fraction of sp³-hybridized carbons (Fsp3) is 0.333. The Labute approximate surface area is 158 Å². The lowest BCUT2D eigenvalue weighted by molar-refractivity contribution is 0.515. The van der Waals surface area contributed by atoms with E-state index in [0.29, 0.717) is 5.92 Å². The van der Waals surface area contributed by atoms with Crippen molar-refractivity contribution in [2.75, 3.05) is 18.0 Å². The van der Waals surface area contributed by atoms with Crippen molar-refractivity contribution in [2.45, 2.75) is 25.8 Å². The minimum Gasteiger partial charge on any atom is -0.353 e. The van der Waals surface area contributed by atoms with Crippen molar-refractivity contribution in [1.82, 2.24) is 19.5 Å². The lowest BCUT2D eigenvalue weighted by Crippen LogP contribution is -2.56. The van der Waals surface area contributed by atoms with Crippen LogP contribution in [0.3, 0.4) is 0 Å². The monoisotopic (exact) mass is 360 g/mol. The number of nitrogens with zero attached hydrogens (tertiary/aromatic N) is 4. The molecule has 1 saturated heterocycles. The summed E-state index contributed by atoms with van der Waals surface area (Å²) in [5.74, 6) is 1.36. The van der Waals surface area contributed by atoms with Gasteiger partial charge in [-0.15, -0.1) is 0 Å². The zero-order valence-corrected chi connectivity index (χ0v) is 15.9. The molecule has 1 aliphatic heterocycles. The van der Waals surface area contributed by atoms with Crippen LogP contribution in [0.5, 0.6) is 0 Å². The smallest absolute Gasteiger partial charge is 0.140 e. The largest absolute Gasteiger partial charge is 0.353 e. The second-order valence-corrected chi connectivity index (χ2v) is 7.83. The van der Waals surface area contributed by atoms with Gasteiger partial charge in [-0.05, 0) is 30.2 Å². The van der Waals surface area contributed by atoms with Gasteiger partial charge in [-0.3, -0.25) is 0 Å². The maximum atomic E-state index is 5.95. The number of nitrogens with two attached hydrogens (primary N) is 1. The van der Waals surface area contributed by atoms with Gasteiger partial charge in [0.05, 0.1) is 16.7 Å². The van der Waals surface area contributed by atoms with Crippen molar-refractivity contribution in [1.29, 1.82) is 0 Å². The Kier molecular flexibility index (Phi) is 3.52. The van der Waals surface area contributed by atoms with Crippen molar-refractivity contribution >= 4 is 27.9 Å². The number of pyridine rings is 2. The Morgan fingerprint density at radius 2 is 2.04 bits per heavy atom. The van der Waals surface area contributed by atoms with E-state index >= 15 is 0 Å². The molecule has 0 unspecified atom stereocenters. The van der Waals surface area contributed by atoms with Crippen LogP contribution in [0, 0.1) is 0 Å². The predicted octanol–water partition coefficient (Wildman–Crippen LogP) is 3.39. The SMILES string of the molecule is CC(C)c1c(-c2cn(C)c3ncccc23)[nH]c2ccc(N3CC(N)C3)nc12. The summed E-state index contributed by atoms with van der Waals surface area (Å²) in [4.78, 5) is 15.4. The summed E-state index contributed by atoms with van der Waals surface area (Å²) >= 11 is 0. The molecule has 6 nitrogen and oxygen atoms in total. The molecule has 5 rings (SSSR count). The van der Waals surface area contributed by atoms with Crippen LogP contribution < -0.4 is 10.6 Å². The number of anilines is 1.